The summed E-state index contributed by atoms with van der Waals surface area (Å²) in [5, 5.41) is 21.1. The number of aliphatic hydroxyl groups is 1. The normalized spacial score (nSPS) is 24.6. The Morgan fingerprint density at radius 2 is 2.25 bits per heavy atom. The Hall–Kier alpha value is -1.82. The summed E-state index contributed by atoms with van der Waals surface area (Å²) < 4.78 is 10.7. The van der Waals surface area contributed by atoms with Gasteiger partial charge in [-0.25, -0.2) is 0 Å². The van der Waals surface area contributed by atoms with Crippen LogP contribution in [-0.4, -0.2) is 30.0 Å². The van der Waals surface area contributed by atoms with Gasteiger partial charge in [0.1, 0.15) is 0 Å². The van der Waals surface area contributed by atoms with E-state index in [4.69, 9.17) is 9.47 Å². The molecule has 110 valence electrons. The van der Waals surface area contributed by atoms with Gasteiger partial charge in [-0.05, 0) is 12.5 Å². The van der Waals surface area contributed by atoms with Crippen molar-refractivity contribution in [2.24, 2.45) is 5.92 Å². The molecule has 0 aromatic heterocycles. The van der Waals surface area contributed by atoms with Gasteiger partial charge in [0.2, 0.25) is 12.8 Å². The zero-order chi connectivity index (χ0) is 14.7. The lowest BCUT2D eigenvalue weighted by molar-refractivity contribution is -0.486. The lowest BCUT2D eigenvalue weighted by Crippen LogP contribution is -2.38. The average Bonchev–Trinajstić information content (AvgIpc) is 2.41. The number of hydrogen-bond donors (Lipinski definition) is 1. The zero-order valence-corrected chi connectivity index (χ0v) is 11.6. The van der Waals surface area contributed by atoms with E-state index < -0.39 is 6.29 Å². The molecule has 1 aliphatic rings. The molecule has 20 heavy (non-hydrogen) atoms. The van der Waals surface area contributed by atoms with Crippen molar-refractivity contribution >= 4 is 0 Å². The van der Waals surface area contributed by atoms with Crippen molar-refractivity contribution in [3.8, 4) is 11.5 Å². The van der Waals surface area contributed by atoms with Gasteiger partial charge in [-0.15, -0.1) is 0 Å². The van der Waals surface area contributed by atoms with E-state index in [9.17, 15) is 15.2 Å². The van der Waals surface area contributed by atoms with E-state index in [1.165, 1.54) is 7.11 Å². The third-order valence-corrected chi connectivity index (χ3v) is 3.72. The van der Waals surface area contributed by atoms with Crippen LogP contribution >= 0.6 is 0 Å². The second kappa shape index (κ2) is 6.09. The number of benzene rings is 1. The largest absolute Gasteiger partial charge is 0.493 e. The third kappa shape index (κ3) is 2.70. The molecule has 0 fully saturated rings. The Morgan fingerprint density at radius 3 is 2.85 bits per heavy atom. The monoisotopic (exact) mass is 281 g/mol. The number of nitrogens with zero attached hydrogens (tertiary/aromatic N) is 1. The van der Waals surface area contributed by atoms with E-state index in [0.29, 0.717) is 17.9 Å². The summed E-state index contributed by atoms with van der Waals surface area (Å²) in [5.74, 6) is 0.273. The predicted octanol–water partition coefficient (Wildman–Crippen LogP) is 2.18. The standard InChI is InChI=1S/C14H19NO5/c1-3-5-10-11(8-15(17)18)9-6-4-7-12(19-2)13(9)20-14(10)16/h4,6-7,10-11,14,16H,3,5,8H2,1-2H3/t10-,11-,14?/m0/s1. The Balaban J connectivity index is 2.45. The van der Waals surface area contributed by atoms with Gasteiger partial charge < -0.3 is 14.6 Å². The fraction of sp³-hybridized carbons (Fsp3) is 0.571. The highest BCUT2D eigenvalue weighted by atomic mass is 16.6. The second-order valence-electron chi connectivity index (χ2n) is 4.96. The Bertz CT molecular complexity index is 490. The van der Waals surface area contributed by atoms with Crippen molar-refractivity contribution in [1.82, 2.24) is 0 Å². The van der Waals surface area contributed by atoms with Crippen LogP contribution in [0.1, 0.15) is 31.2 Å². The molecule has 1 aliphatic heterocycles. The summed E-state index contributed by atoms with van der Waals surface area (Å²) in [7, 11) is 1.51. The smallest absolute Gasteiger partial charge is 0.211 e. The quantitative estimate of drug-likeness (QED) is 0.660. The Labute approximate surface area is 117 Å². The van der Waals surface area contributed by atoms with E-state index in [-0.39, 0.29) is 23.3 Å². The van der Waals surface area contributed by atoms with Gasteiger partial charge >= 0.3 is 0 Å². The van der Waals surface area contributed by atoms with E-state index in [1.54, 1.807) is 18.2 Å². The minimum absolute atomic E-state index is 0.217. The van der Waals surface area contributed by atoms with Crippen LogP contribution < -0.4 is 9.47 Å². The number of hydrogen-bond acceptors (Lipinski definition) is 5. The molecule has 0 aliphatic carbocycles. The first kappa shape index (κ1) is 14.6. The Kier molecular flexibility index (Phi) is 4.44. The van der Waals surface area contributed by atoms with Crippen LogP contribution in [0.15, 0.2) is 18.2 Å². The molecule has 0 spiro atoms. The summed E-state index contributed by atoms with van der Waals surface area (Å²) in [6, 6.07) is 5.31. The molecule has 1 heterocycles. The molecule has 6 nitrogen and oxygen atoms in total. The maximum absolute atomic E-state index is 10.9. The summed E-state index contributed by atoms with van der Waals surface area (Å²) in [6.07, 6.45) is 0.471. The number of aliphatic hydroxyl groups excluding tert-OH is 1. The molecular weight excluding hydrogens is 262 g/mol. The number of ether oxygens (including phenoxy) is 2. The van der Waals surface area contributed by atoms with Gasteiger partial charge in [-0.2, -0.15) is 0 Å². The lowest BCUT2D eigenvalue weighted by atomic mass is 9.80. The molecule has 1 N–H and O–H groups in total. The van der Waals surface area contributed by atoms with Gasteiger partial charge in [0, 0.05) is 16.4 Å². The van der Waals surface area contributed by atoms with E-state index in [2.05, 4.69) is 0 Å². The van der Waals surface area contributed by atoms with Crippen LogP contribution in [0.3, 0.4) is 0 Å². The van der Waals surface area contributed by atoms with Crippen LogP contribution in [0.25, 0.3) is 0 Å². The van der Waals surface area contributed by atoms with Gasteiger partial charge in [-0.3, -0.25) is 10.1 Å². The summed E-state index contributed by atoms with van der Waals surface area (Å²) in [4.78, 5) is 10.6. The minimum atomic E-state index is -1.04. The van der Waals surface area contributed by atoms with E-state index in [1.807, 2.05) is 6.92 Å². The van der Waals surface area contributed by atoms with Crippen molar-refractivity contribution in [3.63, 3.8) is 0 Å². The van der Waals surface area contributed by atoms with Crippen molar-refractivity contribution < 1.29 is 19.5 Å². The fourth-order valence-corrected chi connectivity index (χ4v) is 2.82. The molecule has 1 aromatic rings. The second-order valence-corrected chi connectivity index (χ2v) is 4.96. The third-order valence-electron chi connectivity index (χ3n) is 3.72. The van der Waals surface area contributed by atoms with Crippen LogP contribution in [0.2, 0.25) is 0 Å². The van der Waals surface area contributed by atoms with Crippen LogP contribution in [0, 0.1) is 16.0 Å². The predicted molar refractivity (Wildman–Crippen MR) is 72.6 cm³/mol. The average molecular weight is 281 g/mol. The van der Waals surface area contributed by atoms with Gasteiger partial charge in [0.05, 0.1) is 13.0 Å². The fourth-order valence-electron chi connectivity index (χ4n) is 2.82. The summed E-state index contributed by atoms with van der Waals surface area (Å²) in [6.45, 7) is 1.77. The molecule has 0 radical (unpaired) electrons. The number of methoxy groups -OCH3 is 1. The van der Waals surface area contributed by atoms with Crippen molar-refractivity contribution in [2.75, 3.05) is 13.7 Å². The molecule has 0 amide bonds. The molecule has 2 rings (SSSR count). The highest BCUT2D eigenvalue weighted by molar-refractivity contribution is 5.49. The van der Waals surface area contributed by atoms with Gasteiger partial charge in [-0.1, -0.05) is 25.5 Å². The topological polar surface area (TPSA) is 81.8 Å². The van der Waals surface area contributed by atoms with Crippen LogP contribution in [-0.2, 0) is 0 Å². The van der Waals surface area contributed by atoms with Crippen LogP contribution in [0.5, 0.6) is 11.5 Å². The minimum Gasteiger partial charge on any atom is -0.493 e. The zero-order valence-electron chi connectivity index (χ0n) is 11.6. The first-order valence-corrected chi connectivity index (χ1v) is 6.71. The maximum Gasteiger partial charge on any atom is 0.211 e. The first-order chi connectivity index (χ1) is 9.58. The Morgan fingerprint density at radius 1 is 1.50 bits per heavy atom. The molecule has 1 aromatic carbocycles. The van der Waals surface area contributed by atoms with Crippen molar-refractivity contribution in [3.05, 3.63) is 33.9 Å². The first-order valence-electron chi connectivity index (χ1n) is 6.71. The number of para-hydroxylation sites is 1. The molecule has 0 bridgehead atoms. The van der Waals surface area contributed by atoms with Crippen molar-refractivity contribution in [1.29, 1.82) is 0 Å². The number of nitro groups is 1. The molecular formula is C14H19NO5. The summed E-state index contributed by atoms with van der Waals surface area (Å²) in [5.41, 5.74) is 0.741. The van der Waals surface area contributed by atoms with Gasteiger partial charge in [0.25, 0.3) is 0 Å². The van der Waals surface area contributed by atoms with E-state index >= 15 is 0 Å². The highest BCUT2D eigenvalue weighted by Gasteiger charge is 2.40. The molecule has 3 atom stereocenters. The maximum atomic E-state index is 10.9. The molecule has 0 saturated carbocycles. The highest BCUT2D eigenvalue weighted by Crippen LogP contribution is 2.45. The molecule has 1 unspecified atom stereocenters. The number of fused-ring (bicyclic) bond motifs is 1. The van der Waals surface area contributed by atoms with Crippen molar-refractivity contribution in [2.45, 2.75) is 32.0 Å². The lowest BCUT2D eigenvalue weighted by Gasteiger charge is -2.35. The molecule has 6 heteroatoms. The molecule has 0 saturated heterocycles. The van der Waals surface area contributed by atoms with E-state index in [0.717, 1.165) is 12.0 Å². The van der Waals surface area contributed by atoms with Gasteiger partial charge in [0.15, 0.2) is 11.5 Å². The van der Waals surface area contributed by atoms with Crippen LogP contribution in [0.4, 0.5) is 0 Å². The number of rotatable bonds is 5. The summed E-state index contributed by atoms with van der Waals surface area (Å²) >= 11 is 0. The SMILES string of the molecule is CCC[C@@H]1C(O)Oc2c(OC)cccc2[C@@H]1C[N+](=O)[O-].